The minimum atomic E-state index is -0.0521. The van der Waals surface area contributed by atoms with E-state index in [1.807, 2.05) is 6.92 Å². The molecule has 0 spiro atoms. The molecule has 0 aromatic heterocycles. The van der Waals surface area contributed by atoms with Gasteiger partial charge in [-0.1, -0.05) is 6.58 Å². The zero-order valence-corrected chi connectivity index (χ0v) is 9.53. The third-order valence-corrected chi connectivity index (χ3v) is 1.48. The van der Waals surface area contributed by atoms with Crippen molar-refractivity contribution in [2.24, 2.45) is 0 Å². The van der Waals surface area contributed by atoms with Crippen LogP contribution in [0.25, 0.3) is 0 Å². The van der Waals surface area contributed by atoms with Crippen LogP contribution < -0.4 is 22.6 Å². The van der Waals surface area contributed by atoms with Crippen LogP contribution in [0.1, 0.15) is 13.8 Å². The number of carbonyl (C=O) groups is 1. The Morgan fingerprint density at radius 1 is 1.54 bits per heavy atom. The maximum atomic E-state index is 11.1. The Labute approximate surface area is 86.6 Å². The summed E-state index contributed by atoms with van der Waals surface area (Å²) < 4.78 is 0. The van der Waals surface area contributed by atoms with Gasteiger partial charge in [0.25, 0.3) is 0 Å². The van der Waals surface area contributed by atoms with Crippen LogP contribution >= 0.6 is 0 Å². The topological polar surface area (TPSA) is 33.5 Å². The van der Waals surface area contributed by atoms with Crippen molar-refractivity contribution in [3.8, 4) is 0 Å². The monoisotopic (exact) mass is 206 g/mol. The maximum Gasteiger partial charge on any atom is 0.246 e. The van der Waals surface area contributed by atoms with Crippen LogP contribution in [0.2, 0.25) is 0 Å². The Morgan fingerprint density at radius 3 is 2.31 bits per heavy atom. The van der Waals surface area contributed by atoms with Crippen LogP contribution in [0, 0.1) is 0 Å². The van der Waals surface area contributed by atoms with E-state index in [-0.39, 0.29) is 24.4 Å². The molecule has 0 aromatic rings. The minimum Gasteiger partial charge on any atom is -1.00 e. The highest BCUT2D eigenvalue weighted by Gasteiger charge is 2.09. The van der Waals surface area contributed by atoms with E-state index < -0.39 is 0 Å². The predicted molar refractivity (Wildman–Crippen MR) is 50.1 cm³/mol. The molecular formula is C9H19ClN2O. The summed E-state index contributed by atoms with van der Waals surface area (Å²) in [5.74, 6) is -0.0521. The Hall–Kier alpha value is -0.540. The van der Waals surface area contributed by atoms with Gasteiger partial charge in [-0.25, -0.2) is 0 Å². The van der Waals surface area contributed by atoms with Crippen LogP contribution in [0.15, 0.2) is 12.2 Å². The fraction of sp³-hybridized carbons (Fsp3) is 0.667. The van der Waals surface area contributed by atoms with Crippen molar-refractivity contribution in [1.29, 1.82) is 0 Å². The number of nitrogens with one attached hydrogen (secondary N) is 2. The molecule has 0 heterocycles. The lowest BCUT2D eigenvalue weighted by molar-refractivity contribution is -0.859. The van der Waals surface area contributed by atoms with Crippen LogP contribution in [-0.2, 0) is 4.79 Å². The Bertz CT molecular complexity index is 180. The number of quaternary nitrogens is 1. The van der Waals surface area contributed by atoms with E-state index in [1.54, 1.807) is 6.92 Å². The first-order valence-corrected chi connectivity index (χ1v) is 4.19. The smallest absolute Gasteiger partial charge is 0.246 e. The molecule has 0 aliphatic heterocycles. The molecule has 0 bridgehead atoms. The van der Waals surface area contributed by atoms with Crippen molar-refractivity contribution >= 4 is 5.91 Å². The molecule has 1 unspecified atom stereocenters. The van der Waals surface area contributed by atoms with Gasteiger partial charge < -0.3 is 22.6 Å². The summed E-state index contributed by atoms with van der Waals surface area (Å²) >= 11 is 0. The molecule has 0 aromatic carbocycles. The third-order valence-electron chi connectivity index (χ3n) is 1.48. The maximum absolute atomic E-state index is 11.1. The number of hydrogen-bond acceptors (Lipinski definition) is 1. The zero-order chi connectivity index (χ0) is 9.72. The van der Waals surface area contributed by atoms with Crippen LogP contribution in [0.4, 0.5) is 0 Å². The van der Waals surface area contributed by atoms with Gasteiger partial charge in [0.2, 0.25) is 5.91 Å². The first-order chi connectivity index (χ1) is 5.43. The molecule has 0 aliphatic rings. The van der Waals surface area contributed by atoms with E-state index in [9.17, 15) is 4.79 Å². The van der Waals surface area contributed by atoms with Crippen molar-refractivity contribution in [3.05, 3.63) is 12.2 Å². The zero-order valence-electron chi connectivity index (χ0n) is 8.78. The van der Waals surface area contributed by atoms with Gasteiger partial charge in [-0.3, -0.25) is 4.79 Å². The number of halogens is 1. The molecule has 0 rings (SSSR count). The highest BCUT2D eigenvalue weighted by Crippen LogP contribution is 1.87. The van der Waals surface area contributed by atoms with Gasteiger partial charge >= 0.3 is 0 Å². The molecule has 2 N–H and O–H groups in total. The summed E-state index contributed by atoms with van der Waals surface area (Å²) in [5.41, 5.74) is 0.565. The molecule has 0 saturated carbocycles. The molecule has 0 saturated heterocycles. The summed E-state index contributed by atoms with van der Waals surface area (Å²) in [6, 6.07) is 0.208. The second kappa shape index (κ2) is 6.92. The van der Waals surface area contributed by atoms with E-state index in [0.29, 0.717) is 5.57 Å². The fourth-order valence-electron chi connectivity index (χ4n) is 1.01. The van der Waals surface area contributed by atoms with E-state index in [4.69, 9.17) is 0 Å². The second-order valence-electron chi connectivity index (χ2n) is 3.57. The largest absolute Gasteiger partial charge is 1.00 e. The molecule has 1 atom stereocenters. The number of amides is 1. The van der Waals surface area contributed by atoms with Crippen molar-refractivity contribution in [1.82, 2.24) is 5.32 Å². The average Bonchev–Trinajstić information content (AvgIpc) is 1.84. The quantitative estimate of drug-likeness (QED) is 0.455. The van der Waals surface area contributed by atoms with Gasteiger partial charge in [0, 0.05) is 5.57 Å². The number of likely N-dealkylation sites (N-methyl/N-ethyl adjacent to an activating group) is 1. The van der Waals surface area contributed by atoms with Gasteiger partial charge in [0.15, 0.2) is 0 Å². The first kappa shape index (κ1) is 15.0. The first-order valence-electron chi connectivity index (χ1n) is 4.19. The average molecular weight is 207 g/mol. The molecule has 3 nitrogen and oxygen atoms in total. The van der Waals surface area contributed by atoms with Crippen molar-refractivity contribution < 1.29 is 22.1 Å². The molecular weight excluding hydrogens is 188 g/mol. The molecule has 0 fully saturated rings. The lowest BCUT2D eigenvalue weighted by atomic mass is 10.2. The minimum absolute atomic E-state index is 0. The highest BCUT2D eigenvalue weighted by atomic mass is 35.5. The summed E-state index contributed by atoms with van der Waals surface area (Å²) in [4.78, 5) is 12.4. The fourth-order valence-corrected chi connectivity index (χ4v) is 1.01. The van der Waals surface area contributed by atoms with Crippen molar-refractivity contribution in [3.63, 3.8) is 0 Å². The Balaban J connectivity index is 0. The van der Waals surface area contributed by atoms with Gasteiger partial charge in [-0.15, -0.1) is 0 Å². The Kier molecular flexibility index (Phi) is 7.96. The Morgan fingerprint density at radius 2 is 2.00 bits per heavy atom. The van der Waals surface area contributed by atoms with E-state index >= 15 is 0 Å². The van der Waals surface area contributed by atoms with Crippen molar-refractivity contribution in [2.45, 2.75) is 19.9 Å². The van der Waals surface area contributed by atoms with Gasteiger partial charge in [-0.05, 0) is 13.8 Å². The third kappa shape index (κ3) is 7.81. The molecule has 4 heteroatoms. The van der Waals surface area contributed by atoms with Crippen LogP contribution in [0.5, 0.6) is 0 Å². The summed E-state index contributed by atoms with van der Waals surface area (Å²) in [5, 5.41) is 2.85. The van der Waals surface area contributed by atoms with Crippen molar-refractivity contribution in [2.75, 3.05) is 20.6 Å². The normalized spacial score (nSPS) is 11.8. The number of hydrogen-bond donors (Lipinski definition) is 2. The molecule has 78 valence electrons. The standard InChI is InChI=1S/C9H18N2O.ClH/c1-7(2)9(12)10-8(3)6-11(4)5;/h8H,1,6H2,2-5H3,(H,10,12);1H. The molecule has 1 amide bonds. The van der Waals surface area contributed by atoms with E-state index in [0.717, 1.165) is 6.54 Å². The SMILES string of the molecule is C=C(C)C(=O)NC(C)C[NH+](C)C.[Cl-]. The number of carbonyl (C=O) groups excluding carboxylic acids is 1. The van der Waals surface area contributed by atoms with Crippen LogP contribution in [0.3, 0.4) is 0 Å². The van der Waals surface area contributed by atoms with Crippen LogP contribution in [-0.4, -0.2) is 32.6 Å². The van der Waals surface area contributed by atoms with Gasteiger partial charge in [0.05, 0.1) is 26.7 Å². The highest BCUT2D eigenvalue weighted by molar-refractivity contribution is 5.92. The predicted octanol–water partition coefficient (Wildman–Crippen LogP) is -3.78. The molecule has 0 aliphatic carbocycles. The lowest BCUT2D eigenvalue weighted by Crippen LogP contribution is -3.07. The lowest BCUT2D eigenvalue weighted by Gasteiger charge is -2.15. The summed E-state index contributed by atoms with van der Waals surface area (Å²) in [6.45, 7) is 8.20. The van der Waals surface area contributed by atoms with E-state index in [1.165, 1.54) is 4.90 Å². The molecule has 0 radical (unpaired) electrons. The van der Waals surface area contributed by atoms with Gasteiger partial charge in [-0.2, -0.15) is 0 Å². The molecule has 13 heavy (non-hydrogen) atoms. The summed E-state index contributed by atoms with van der Waals surface area (Å²) in [7, 11) is 4.12. The second-order valence-corrected chi connectivity index (χ2v) is 3.57. The van der Waals surface area contributed by atoms with E-state index in [2.05, 4.69) is 26.0 Å². The van der Waals surface area contributed by atoms with Gasteiger partial charge in [0.1, 0.15) is 0 Å². The summed E-state index contributed by atoms with van der Waals surface area (Å²) in [6.07, 6.45) is 0. The number of rotatable bonds is 4.